The highest BCUT2D eigenvalue weighted by atomic mass is 16.4. The summed E-state index contributed by atoms with van der Waals surface area (Å²) in [6.45, 7) is 7.70. The number of fused-ring (bicyclic) bond motifs is 1. The molecule has 1 aromatic heterocycles. The lowest BCUT2D eigenvalue weighted by molar-refractivity contribution is 0.0474. The van der Waals surface area contributed by atoms with Crippen LogP contribution in [0.5, 0.6) is 0 Å². The number of aryl methyl sites for hydroxylation is 1. The number of hydrogen-bond acceptors (Lipinski definition) is 5. The lowest BCUT2D eigenvalue weighted by Gasteiger charge is -2.30. The molecule has 1 amide bonds. The molecular weight excluding hydrogens is 404 g/mol. The number of carbonyl (C=O) groups excluding carboxylic acids is 1. The molecule has 0 saturated carbocycles. The molecule has 4 rings (SSSR count). The van der Waals surface area contributed by atoms with E-state index < -0.39 is 11.7 Å². The first-order valence-corrected chi connectivity index (χ1v) is 11.2. The maximum atomic E-state index is 13.1. The Balaban J connectivity index is 1.64. The van der Waals surface area contributed by atoms with Crippen LogP contribution in [0, 0.1) is 6.92 Å². The molecule has 2 N–H and O–H groups in total. The summed E-state index contributed by atoms with van der Waals surface area (Å²) in [5, 5.41) is 14.2. The largest absolute Gasteiger partial charge is 0.423 e. The van der Waals surface area contributed by atoms with Crippen LogP contribution in [0.25, 0.3) is 11.0 Å². The molecule has 168 valence electrons. The normalized spacial score (nSPS) is 16.5. The van der Waals surface area contributed by atoms with Gasteiger partial charge in [-0.1, -0.05) is 26.0 Å². The van der Waals surface area contributed by atoms with Gasteiger partial charge in [0.05, 0.1) is 11.7 Å². The van der Waals surface area contributed by atoms with E-state index in [1.807, 2.05) is 31.2 Å². The van der Waals surface area contributed by atoms with Crippen molar-refractivity contribution >= 4 is 22.6 Å². The van der Waals surface area contributed by atoms with Crippen LogP contribution in [0.2, 0.25) is 0 Å². The van der Waals surface area contributed by atoms with Crippen molar-refractivity contribution in [3.05, 3.63) is 75.1 Å². The molecule has 1 aliphatic rings. The van der Waals surface area contributed by atoms with Gasteiger partial charge in [0.2, 0.25) is 0 Å². The predicted octanol–water partition coefficient (Wildman–Crippen LogP) is 4.43. The number of anilines is 1. The summed E-state index contributed by atoms with van der Waals surface area (Å²) < 4.78 is 5.45. The van der Waals surface area contributed by atoms with Gasteiger partial charge in [-0.3, -0.25) is 4.79 Å². The maximum Gasteiger partial charge on any atom is 0.336 e. The molecule has 32 heavy (non-hydrogen) atoms. The second-order valence-electron chi connectivity index (χ2n) is 8.90. The first-order valence-electron chi connectivity index (χ1n) is 11.2. The number of aliphatic hydroxyl groups is 1. The number of hydrogen-bond donors (Lipinski definition) is 2. The van der Waals surface area contributed by atoms with Gasteiger partial charge in [0.1, 0.15) is 5.58 Å². The number of carbonyl (C=O) groups is 1. The fourth-order valence-corrected chi connectivity index (χ4v) is 4.48. The van der Waals surface area contributed by atoms with E-state index in [9.17, 15) is 14.7 Å². The first-order chi connectivity index (χ1) is 15.3. The zero-order chi connectivity index (χ0) is 22.8. The number of nitrogens with one attached hydrogen (secondary N) is 1. The quantitative estimate of drug-likeness (QED) is 0.581. The maximum absolute atomic E-state index is 13.1. The average molecular weight is 435 g/mol. The Morgan fingerprint density at radius 1 is 1.25 bits per heavy atom. The third kappa shape index (κ3) is 4.55. The van der Waals surface area contributed by atoms with Crippen LogP contribution in [0.15, 0.2) is 51.7 Å². The second-order valence-corrected chi connectivity index (χ2v) is 8.90. The Kier molecular flexibility index (Phi) is 6.33. The Morgan fingerprint density at radius 2 is 2.03 bits per heavy atom. The van der Waals surface area contributed by atoms with Gasteiger partial charge in [-0.15, -0.1) is 0 Å². The second kappa shape index (κ2) is 9.17. The van der Waals surface area contributed by atoms with Crippen molar-refractivity contribution in [3.8, 4) is 0 Å². The Hall–Kier alpha value is -3.12. The molecule has 6 heteroatoms. The minimum Gasteiger partial charge on any atom is -0.423 e. The topological polar surface area (TPSA) is 82.8 Å². The van der Waals surface area contributed by atoms with Gasteiger partial charge in [0, 0.05) is 36.8 Å². The standard InChI is InChI=1S/C26H30N2O4/c1-16(2)21-13-22-18(12-25(30)32-24(22)11-17(21)3)14-27-23-9-5-4-8-20(23)26(31)28-10-6-7-19(29)15-28/h4-5,8-9,11-13,16,19,27,29H,6-7,10,14-15H2,1-3H3. The van der Waals surface area contributed by atoms with E-state index in [4.69, 9.17) is 4.42 Å². The van der Waals surface area contributed by atoms with Gasteiger partial charge < -0.3 is 19.7 Å². The zero-order valence-corrected chi connectivity index (χ0v) is 18.9. The molecule has 1 fully saturated rings. The van der Waals surface area contributed by atoms with Crippen molar-refractivity contribution in [2.24, 2.45) is 0 Å². The molecule has 6 nitrogen and oxygen atoms in total. The van der Waals surface area contributed by atoms with E-state index in [0.29, 0.717) is 42.4 Å². The predicted molar refractivity (Wildman–Crippen MR) is 126 cm³/mol. The van der Waals surface area contributed by atoms with Crippen LogP contribution in [-0.2, 0) is 6.54 Å². The fraction of sp³-hybridized carbons (Fsp3) is 0.385. The van der Waals surface area contributed by atoms with E-state index in [1.165, 1.54) is 11.6 Å². The number of piperidine rings is 1. The Morgan fingerprint density at radius 3 is 2.78 bits per heavy atom. The molecule has 0 bridgehead atoms. The van der Waals surface area contributed by atoms with Crippen LogP contribution in [0.1, 0.15) is 59.7 Å². The van der Waals surface area contributed by atoms with Crippen molar-refractivity contribution < 1.29 is 14.3 Å². The lowest BCUT2D eigenvalue weighted by Crippen LogP contribution is -2.42. The van der Waals surface area contributed by atoms with Crippen molar-refractivity contribution in [2.75, 3.05) is 18.4 Å². The van der Waals surface area contributed by atoms with E-state index >= 15 is 0 Å². The molecule has 0 radical (unpaired) electrons. The summed E-state index contributed by atoms with van der Waals surface area (Å²) in [6.07, 6.45) is 1.05. The minimum absolute atomic E-state index is 0.0954. The number of nitrogens with zero attached hydrogens (tertiary/aromatic N) is 1. The number of rotatable bonds is 5. The highest BCUT2D eigenvalue weighted by Crippen LogP contribution is 2.28. The molecule has 2 aromatic carbocycles. The summed E-state index contributed by atoms with van der Waals surface area (Å²) in [5.41, 5.74) is 4.59. The SMILES string of the molecule is Cc1cc2oc(=O)cc(CNc3ccccc3C(=O)N3CCCC(O)C3)c2cc1C(C)C. The van der Waals surface area contributed by atoms with Crippen LogP contribution in [-0.4, -0.2) is 35.1 Å². The smallest absolute Gasteiger partial charge is 0.336 e. The van der Waals surface area contributed by atoms with Gasteiger partial charge >= 0.3 is 5.63 Å². The van der Waals surface area contributed by atoms with Gasteiger partial charge in [0.25, 0.3) is 5.91 Å². The number of β-amino-alcohol motifs (C(OH)–C–C–N with tert-alkyl or cyclic N) is 1. The van der Waals surface area contributed by atoms with Crippen molar-refractivity contribution in [2.45, 2.75) is 52.2 Å². The number of aliphatic hydroxyl groups excluding tert-OH is 1. The zero-order valence-electron chi connectivity index (χ0n) is 18.9. The van der Waals surface area contributed by atoms with Gasteiger partial charge in [-0.2, -0.15) is 0 Å². The van der Waals surface area contributed by atoms with Crippen LogP contribution in [0.3, 0.4) is 0 Å². The number of para-hydroxylation sites is 1. The molecule has 1 saturated heterocycles. The van der Waals surface area contributed by atoms with Crippen LogP contribution < -0.4 is 10.9 Å². The molecule has 0 aliphatic carbocycles. The monoisotopic (exact) mass is 434 g/mol. The van der Waals surface area contributed by atoms with E-state index in [-0.39, 0.29) is 5.91 Å². The molecule has 0 spiro atoms. The van der Waals surface area contributed by atoms with Crippen LogP contribution >= 0.6 is 0 Å². The van der Waals surface area contributed by atoms with Crippen molar-refractivity contribution in [3.63, 3.8) is 0 Å². The Labute approximate surface area is 187 Å². The van der Waals surface area contributed by atoms with E-state index in [1.54, 1.807) is 11.0 Å². The highest BCUT2D eigenvalue weighted by molar-refractivity contribution is 5.99. The molecular formula is C26H30N2O4. The average Bonchev–Trinajstić information content (AvgIpc) is 2.76. The summed E-state index contributed by atoms with van der Waals surface area (Å²) in [4.78, 5) is 27.0. The van der Waals surface area contributed by atoms with Crippen molar-refractivity contribution in [1.29, 1.82) is 0 Å². The molecule has 1 unspecified atom stereocenters. The lowest BCUT2D eigenvalue weighted by atomic mass is 9.95. The highest BCUT2D eigenvalue weighted by Gasteiger charge is 2.24. The summed E-state index contributed by atoms with van der Waals surface area (Å²) in [6, 6.07) is 12.9. The third-order valence-electron chi connectivity index (χ3n) is 6.15. The van der Waals surface area contributed by atoms with Gasteiger partial charge in [-0.05, 0) is 66.6 Å². The minimum atomic E-state index is -0.471. The molecule has 1 aliphatic heterocycles. The molecule has 3 aromatic rings. The number of benzene rings is 2. The van der Waals surface area contributed by atoms with Crippen molar-refractivity contribution in [1.82, 2.24) is 4.90 Å². The van der Waals surface area contributed by atoms with Crippen LogP contribution in [0.4, 0.5) is 5.69 Å². The van der Waals surface area contributed by atoms with E-state index in [0.717, 1.165) is 29.4 Å². The fourth-order valence-electron chi connectivity index (χ4n) is 4.48. The van der Waals surface area contributed by atoms with Gasteiger partial charge in [-0.25, -0.2) is 4.79 Å². The summed E-state index contributed by atoms with van der Waals surface area (Å²) in [7, 11) is 0. The molecule has 2 heterocycles. The first kappa shape index (κ1) is 22.1. The number of likely N-dealkylation sites (tertiary alicyclic amines) is 1. The third-order valence-corrected chi connectivity index (χ3v) is 6.15. The summed E-state index contributed by atoms with van der Waals surface area (Å²) in [5.74, 6) is 0.257. The van der Waals surface area contributed by atoms with Gasteiger partial charge in [0.15, 0.2) is 0 Å². The molecule has 1 atom stereocenters. The van der Waals surface area contributed by atoms with E-state index in [2.05, 4.69) is 25.2 Å². The number of amides is 1. The Bertz CT molecular complexity index is 1200. The summed E-state index contributed by atoms with van der Waals surface area (Å²) >= 11 is 0.